The molecule has 0 bridgehead atoms. The van der Waals surface area contributed by atoms with Gasteiger partial charge in [-0.15, -0.1) is 0 Å². The fraction of sp³-hybridized carbons (Fsp3) is 0.444. The van der Waals surface area contributed by atoms with E-state index in [0.29, 0.717) is 18.1 Å². The van der Waals surface area contributed by atoms with Crippen molar-refractivity contribution < 1.29 is 33.8 Å². The molecule has 10 heteroatoms. The molecule has 0 spiro atoms. The van der Waals surface area contributed by atoms with Crippen molar-refractivity contribution in [3.05, 3.63) is 29.3 Å². The summed E-state index contributed by atoms with van der Waals surface area (Å²) in [5.41, 5.74) is 0.830. The van der Waals surface area contributed by atoms with Crippen LogP contribution in [0.2, 0.25) is 5.02 Å². The quantitative estimate of drug-likeness (QED) is 0.686. The molecule has 1 amide bonds. The molecule has 28 heavy (non-hydrogen) atoms. The van der Waals surface area contributed by atoms with Crippen LogP contribution in [0.3, 0.4) is 0 Å². The number of nitrogens with zero attached hydrogens (tertiary/aromatic N) is 2. The van der Waals surface area contributed by atoms with Gasteiger partial charge in [-0.05, 0) is 12.1 Å². The van der Waals surface area contributed by atoms with Crippen LogP contribution in [-0.2, 0) is 28.7 Å². The number of carboxylic acid groups (broad SMARTS) is 1. The zero-order chi connectivity index (χ0) is 20.8. The molecule has 0 saturated carbocycles. The standard InChI is InChI=1S/C18H21ClN2O7/c1-11(22)27-15(16(18(25)26)28-12(2)23)17(24)21-9-7-20(8-10-21)14-6-4-3-5-13(14)19/h3-6,15-16H,7-10H2,1-2H3,(H,25,26)/t15-,16+/m1/s1. The number of halogens is 1. The first-order chi connectivity index (χ1) is 13.2. The lowest BCUT2D eigenvalue weighted by atomic mass is 10.1. The molecule has 9 nitrogen and oxygen atoms in total. The van der Waals surface area contributed by atoms with E-state index in [0.717, 1.165) is 19.5 Å². The molecular weight excluding hydrogens is 392 g/mol. The molecule has 1 N–H and O–H groups in total. The van der Waals surface area contributed by atoms with E-state index >= 15 is 0 Å². The highest BCUT2D eigenvalue weighted by Crippen LogP contribution is 2.26. The number of piperazine rings is 1. The van der Waals surface area contributed by atoms with Crippen LogP contribution in [0.15, 0.2) is 24.3 Å². The van der Waals surface area contributed by atoms with Gasteiger partial charge in [-0.3, -0.25) is 14.4 Å². The van der Waals surface area contributed by atoms with Crippen molar-refractivity contribution in [2.45, 2.75) is 26.1 Å². The minimum Gasteiger partial charge on any atom is -0.478 e. The van der Waals surface area contributed by atoms with Crippen molar-refractivity contribution in [2.75, 3.05) is 31.1 Å². The zero-order valence-corrected chi connectivity index (χ0v) is 16.2. The van der Waals surface area contributed by atoms with Gasteiger partial charge in [-0.25, -0.2) is 4.79 Å². The topological polar surface area (TPSA) is 113 Å². The molecule has 152 valence electrons. The van der Waals surface area contributed by atoms with Gasteiger partial charge in [0, 0.05) is 40.0 Å². The fourth-order valence-electron chi connectivity index (χ4n) is 2.90. The number of carboxylic acids is 1. The molecule has 1 saturated heterocycles. The summed E-state index contributed by atoms with van der Waals surface area (Å²) in [6.07, 6.45) is -3.68. The van der Waals surface area contributed by atoms with Gasteiger partial charge in [0.25, 0.3) is 5.91 Å². The second-order valence-electron chi connectivity index (χ2n) is 6.16. The third-order valence-electron chi connectivity index (χ3n) is 4.13. The maximum atomic E-state index is 12.8. The number of hydrogen-bond donors (Lipinski definition) is 1. The van der Waals surface area contributed by atoms with Crippen LogP contribution >= 0.6 is 11.6 Å². The molecule has 0 aliphatic carbocycles. The van der Waals surface area contributed by atoms with Crippen LogP contribution in [0.5, 0.6) is 0 Å². The average Bonchev–Trinajstić information content (AvgIpc) is 2.64. The number of amides is 1. The molecule has 0 radical (unpaired) electrons. The number of ether oxygens (including phenoxy) is 2. The first-order valence-electron chi connectivity index (χ1n) is 8.56. The Bertz CT molecular complexity index is 762. The van der Waals surface area contributed by atoms with Crippen LogP contribution in [0, 0.1) is 0 Å². The summed E-state index contributed by atoms with van der Waals surface area (Å²) >= 11 is 6.20. The van der Waals surface area contributed by atoms with E-state index in [9.17, 15) is 24.3 Å². The maximum Gasteiger partial charge on any atom is 0.349 e. The van der Waals surface area contributed by atoms with E-state index in [1.165, 1.54) is 4.90 Å². The number of benzene rings is 1. The summed E-state index contributed by atoms with van der Waals surface area (Å²) in [7, 11) is 0. The Morgan fingerprint density at radius 3 is 2.00 bits per heavy atom. The van der Waals surface area contributed by atoms with Crippen molar-refractivity contribution in [1.82, 2.24) is 4.90 Å². The van der Waals surface area contributed by atoms with Gasteiger partial charge < -0.3 is 24.4 Å². The number of aliphatic carboxylic acids is 1. The van der Waals surface area contributed by atoms with Crippen LogP contribution in [-0.4, -0.2) is 72.2 Å². The number of rotatable bonds is 6. The molecule has 0 unspecified atom stereocenters. The zero-order valence-electron chi connectivity index (χ0n) is 15.5. The van der Waals surface area contributed by atoms with Gasteiger partial charge in [0.1, 0.15) is 0 Å². The largest absolute Gasteiger partial charge is 0.478 e. The van der Waals surface area contributed by atoms with E-state index in [1.54, 1.807) is 6.07 Å². The average molecular weight is 413 g/mol. The fourth-order valence-corrected chi connectivity index (χ4v) is 3.15. The lowest BCUT2D eigenvalue weighted by Crippen LogP contribution is -2.56. The van der Waals surface area contributed by atoms with E-state index in [1.807, 2.05) is 23.1 Å². The van der Waals surface area contributed by atoms with Crippen molar-refractivity contribution >= 4 is 41.1 Å². The highest BCUT2D eigenvalue weighted by atomic mass is 35.5. The Balaban J connectivity index is 2.12. The van der Waals surface area contributed by atoms with E-state index in [4.69, 9.17) is 21.1 Å². The first kappa shape index (κ1) is 21.5. The second-order valence-corrected chi connectivity index (χ2v) is 6.57. The molecule has 1 aliphatic rings. The number of carbonyl (C=O) groups is 4. The number of carbonyl (C=O) groups excluding carboxylic acids is 3. The molecule has 2 atom stereocenters. The first-order valence-corrected chi connectivity index (χ1v) is 8.94. The highest BCUT2D eigenvalue weighted by Gasteiger charge is 2.42. The van der Waals surface area contributed by atoms with Crippen molar-refractivity contribution in [1.29, 1.82) is 0 Å². The summed E-state index contributed by atoms with van der Waals surface area (Å²) in [5.74, 6) is -4.07. The van der Waals surface area contributed by atoms with Gasteiger partial charge in [-0.1, -0.05) is 23.7 Å². The van der Waals surface area contributed by atoms with Crippen LogP contribution in [0.1, 0.15) is 13.8 Å². The van der Waals surface area contributed by atoms with Gasteiger partial charge >= 0.3 is 17.9 Å². The molecule has 1 aromatic rings. The smallest absolute Gasteiger partial charge is 0.349 e. The Kier molecular flexibility index (Phi) is 7.22. The maximum absolute atomic E-state index is 12.8. The van der Waals surface area contributed by atoms with Crippen LogP contribution in [0.25, 0.3) is 0 Å². The molecule has 1 aliphatic heterocycles. The Hall–Kier alpha value is -2.81. The summed E-state index contributed by atoms with van der Waals surface area (Å²) in [5, 5.41) is 9.90. The lowest BCUT2D eigenvalue weighted by molar-refractivity contribution is -0.183. The molecule has 1 fully saturated rings. The Labute approximate surface area is 166 Å². The van der Waals surface area contributed by atoms with Gasteiger partial charge in [0.15, 0.2) is 0 Å². The van der Waals surface area contributed by atoms with Crippen molar-refractivity contribution in [2.24, 2.45) is 0 Å². The van der Waals surface area contributed by atoms with E-state index < -0.39 is 36.0 Å². The van der Waals surface area contributed by atoms with Gasteiger partial charge in [0.2, 0.25) is 12.2 Å². The SMILES string of the molecule is CC(=O)O[C@H](C(=O)O)[C@@H](OC(C)=O)C(=O)N1CCN(c2ccccc2Cl)CC1. The summed E-state index contributed by atoms with van der Waals surface area (Å²) in [6.45, 7) is 3.47. The normalized spacial score (nSPS) is 16.1. The molecule has 1 aromatic carbocycles. The minimum atomic E-state index is -1.92. The molecule has 1 heterocycles. The number of para-hydroxylation sites is 1. The third kappa shape index (κ3) is 5.35. The van der Waals surface area contributed by atoms with Crippen LogP contribution in [0.4, 0.5) is 5.69 Å². The van der Waals surface area contributed by atoms with Crippen molar-refractivity contribution in [3.8, 4) is 0 Å². The summed E-state index contributed by atoms with van der Waals surface area (Å²) in [4.78, 5) is 50.2. The third-order valence-corrected chi connectivity index (χ3v) is 4.45. The monoisotopic (exact) mass is 412 g/mol. The molecule has 2 rings (SSSR count). The number of hydrogen-bond acceptors (Lipinski definition) is 7. The predicted molar refractivity (Wildman–Crippen MR) is 99.0 cm³/mol. The highest BCUT2D eigenvalue weighted by molar-refractivity contribution is 6.33. The Morgan fingerprint density at radius 2 is 1.50 bits per heavy atom. The summed E-state index contributed by atoms with van der Waals surface area (Å²) in [6, 6.07) is 7.30. The minimum absolute atomic E-state index is 0.258. The van der Waals surface area contributed by atoms with E-state index in [-0.39, 0.29) is 13.1 Å². The molecule has 0 aromatic heterocycles. The second kappa shape index (κ2) is 9.41. The predicted octanol–water partition coefficient (Wildman–Crippen LogP) is 0.937. The van der Waals surface area contributed by atoms with E-state index in [2.05, 4.69) is 0 Å². The van der Waals surface area contributed by atoms with Gasteiger partial charge in [-0.2, -0.15) is 0 Å². The molecular formula is C18H21ClN2O7. The van der Waals surface area contributed by atoms with Crippen molar-refractivity contribution in [3.63, 3.8) is 0 Å². The number of anilines is 1. The lowest BCUT2D eigenvalue weighted by Gasteiger charge is -2.38. The Morgan fingerprint density at radius 1 is 0.964 bits per heavy atom. The number of esters is 2. The van der Waals surface area contributed by atoms with Gasteiger partial charge in [0.05, 0.1) is 10.7 Å². The van der Waals surface area contributed by atoms with Crippen LogP contribution < -0.4 is 4.90 Å². The summed E-state index contributed by atoms with van der Waals surface area (Å²) < 4.78 is 9.60.